The molecule has 0 amide bonds. The second-order valence-corrected chi connectivity index (χ2v) is 4.84. The highest BCUT2D eigenvalue weighted by Gasteiger charge is 2.20. The number of pyridine rings is 1. The first kappa shape index (κ1) is 11.6. The molecule has 1 aliphatic heterocycles. The van der Waals surface area contributed by atoms with Crippen molar-refractivity contribution < 1.29 is 0 Å². The molecule has 88 valence electrons. The minimum Gasteiger partial charge on any atom is -0.309 e. The molecule has 1 aromatic heterocycles. The Labute approximate surface area is 97.9 Å². The third kappa shape index (κ3) is 3.29. The van der Waals surface area contributed by atoms with Crippen molar-refractivity contribution in [2.75, 3.05) is 19.6 Å². The maximum atomic E-state index is 4.15. The zero-order valence-corrected chi connectivity index (χ0v) is 10.2. The third-order valence-corrected chi connectivity index (χ3v) is 3.07. The fourth-order valence-corrected chi connectivity index (χ4v) is 2.46. The van der Waals surface area contributed by atoms with Crippen molar-refractivity contribution in [1.82, 2.24) is 15.2 Å². The zero-order chi connectivity index (χ0) is 11.4. The first-order valence-corrected chi connectivity index (χ1v) is 6.11. The Bertz CT molecular complexity index is 302. The van der Waals surface area contributed by atoms with E-state index in [0.717, 1.165) is 26.1 Å². The summed E-state index contributed by atoms with van der Waals surface area (Å²) in [5.41, 5.74) is 1.33. The summed E-state index contributed by atoms with van der Waals surface area (Å²) in [4.78, 5) is 6.69. The number of piperazine rings is 1. The van der Waals surface area contributed by atoms with E-state index in [9.17, 15) is 0 Å². The van der Waals surface area contributed by atoms with Crippen molar-refractivity contribution in [3.05, 3.63) is 30.1 Å². The van der Waals surface area contributed by atoms with Gasteiger partial charge in [-0.1, -0.05) is 6.07 Å². The summed E-state index contributed by atoms with van der Waals surface area (Å²) in [7, 11) is 0. The van der Waals surface area contributed by atoms with Crippen molar-refractivity contribution in [2.24, 2.45) is 0 Å². The van der Waals surface area contributed by atoms with Crippen LogP contribution in [0.3, 0.4) is 0 Å². The summed E-state index contributed by atoms with van der Waals surface area (Å²) in [5, 5.41) is 3.55. The van der Waals surface area contributed by atoms with Crippen LogP contribution in [0.2, 0.25) is 0 Å². The Hall–Kier alpha value is -0.930. The Morgan fingerprint density at radius 3 is 2.75 bits per heavy atom. The lowest BCUT2D eigenvalue weighted by molar-refractivity contribution is 0.175. The lowest BCUT2D eigenvalue weighted by Crippen LogP contribution is -2.54. The molecule has 2 heterocycles. The van der Waals surface area contributed by atoms with Gasteiger partial charge in [-0.25, -0.2) is 0 Å². The van der Waals surface area contributed by atoms with Gasteiger partial charge >= 0.3 is 0 Å². The molecule has 2 unspecified atom stereocenters. The highest BCUT2D eigenvalue weighted by molar-refractivity contribution is 5.08. The van der Waals surface area contributed by atoms with Crippen LogP contribution in [0.4, 0.5) is 0 Å². The second kappa shape index (κ2) is 5.41. The molecule has 1 N–H and O–H groups in total. The molecule has 2 atom stereocenters. The molecule has 0 radical (unpaired) electrons. The smallest absolute Gasteiger partial charge is 0.0300 e. The first-order chi connectivity index (χ1) is 7.74. The standard InChI is InChI=1S/C13H21N3/c1-11-9-16(10-12(2)15-11)7-5-13-4-3-6-14-8-13/h3-4,6,8,11-12,15H,5,7,9-10H2,1-2H3. The molecule has 2 rings (SSSR count). The molecular weight excluding hydrogens is 198 g/mol. The van der Waals surface area contributed by atoms with Gasteiger partial charge in [-0.2, -0.15) is 0 Å². The van der Waals surface area contributed by atoms with Crippen molar-refractivity contribution >= 4 is 0 Å². The maximum absolute atomic E-state index is 4.15. The number of nitrogens with one attached hydrogen (secondary N) is 1. The SMILES string of the molecule is CC1CN(CCc2cccnc2)CC(C)N1. The van der Waals surface area contributed by atoms with Gasteiger partial charge in [0.1, 0.15) is 0 Å². The first-order valence-electron chi connectivity index (χ1n) is 6.11. The highest BCUT2D eigenvalue weighted by atomic mass is 15.2. The topological polar surface area (TPSA) is 28.2 Å². The van der Waals surface area contributed by atoms with Gasteiger partial charge in [-0.05, 0) is 31.9 Å². The van der Waals surface area contributed by atoms with Gasteiger partial charge in [0.15, 0.2) is 0 Å². The van der Waals surface area contributed by atoms with Gasteiger partial charge in [0.2, 0.25) is 0 Å². The Morgan fingerprint density at radius 2 is 2.12 bits per heavy atom. The van der Waals surface area contributed by atoms with Crippen LogP contribution in [-0.2, 0) is 6.42 Å². The number of aromatic nitrogens is 1. The summed E-state index contributed by atoms with van der Waals surface area (Å²) in [6.07, 6.45) is 4.90. The Balaban J connectivity index is 1.81. The molecule has 1 fully saturated rings. The van der Waals surface area contributed by atoms with E-state index in [-0.39, 0.29) is 0 Å². The molecule has 0 saturated carbocycles. The average molecular weight is 219 g/mol. The monoisotopic (exact) mass is 219 g/mol. The summed E-state index contributed by atoms with van der Waals surface area (Å²) in [6.45, 7) is 7.97. The lowest BCUT2D eigenvalue weighted by Gasteiger charge is -2.36. The van der Waals surface area contributed by atoms with Crippen molar-refractivity contribution in [3.63, 3.8) is 0 Å². The van der Waals surface area contributed by atoms with Gasteiger partial charge in [0.05, 0.1) is 0 Å². The number of hydrogen-bond donors (Lipinski definition) is 1. The van der Waals surface area contributed by atoms with E-state index in [1.165, 1.54) is 5.56 Å². The number of hydrogen-bond acceptors (Lipinski definition) is 3. The summed E-state index contributed by atoms with van der Waals surface area (Å²) in [5.74, 6) is 0. The van der Waals surface area contributed by atoms with Crippen molar-refractivity contribution in [1.29, 1.82) is 0 Å². The fourth-order valence-electron chi connectivity index (χ4n) is 2.46. The van der Waals surface area contributed by atoms with Gasteiger partial charge in [-0.3, -0.25) is 9.88 Å². The van der Waals surface area contributed by atoms with E-state index in [1.54, 1.807) is 0 Å². The van der Waals surface area contributed by atoms with E-state index in [0.29, 0.717) is 12.1 Å². The molecule has 0 aromatic carbocycles. The minimum absolute atomic E-state index is 0.609. The van der Waals surface area contributed by atoms with E-state index in [4.69, 9.17) is 0 Å². The quantitative estimate of drug-likeness (QED) is 0.830. The minimum atomic E-state index is 0.609. The van der Waals surface area contributed by atoms with Gasteiger partial charge in [-0.15, -0.1) is 0 Å². The van der Waals surface area contributed by atoms with E-state index in [1.807, 2.05) is 18.5 Å². The molecule has 3 heteroatoms. The predicted molar refractivity (Wildman–Crippen MR) is 66.4 cm³/mol. The summed E-state index contributed by atoms with van der Waals surface area (Å²) >= 11 is 0. The van der Waals surface area contributed by atoms with Crippen LogP contribution in [0.5, 0.6) is 0 Å². The molecule has 0 spiro atoms. The lowest BCUT2D eigenvalue weighted by atomic mass is 10.1. The number of rotatable bonds is 3. The number of nitrogens with zero attached hydrogens (tertiary/aromatic N) is 2. The highest BCUT2D eigenvalue weighted by Crippen LogP contribution is 2.06. The van der Waals surface area contributed by atoms with Crippen LogP contribution in [0.25, 0.3) is 0 Å². The maximum Gasteiger partial charge on any atom is 0.0300 e. The normalized spacial score (nSPS) is 26.9. The van der Waals surface area contributed by atoms with E-state index >= 15 is 0 Å². The molecule has 0 aliphatic carbocycles. The van der Waals surface area contributed by atoms with Crippen LogP contribution >= 0.6 is 0 Å². The largest absolute Gasteiger partial charge is 0.309 e. The summed E-state index contributed by atoms with van der Waals surface area (Å²) < 4.78 is 0. The molecule has 1 aromatic rings. The van der Waals surface area contributed by atoms with Gasteiger partial charge in [0.25, 0.3) is 0 Å². The van der Waals surface area contributed by atoms with Crippen LogP contribution in [0.15, 0.2) is 24.5 Å². The van der Waals surface area contributed by atoms with Crippen molar-refractivity contribution in [2.45, 2.75) is 32.4 Å². The predicted octanol–water partition coefficient (Wildman–Crippen LogP) is 1.31. The molecule has 16 heavy (non-hydrogen) atoms. The third-order valence-electron chi connectivity index (χ3n) is 3.07. The molecular formula is C13H21N3. The van der Waals surface area contributed by atoms with Crippen LogP contribution in [0.1, 0.15) is 19.4 Å². The molecule has 1 saturated heterocycles. The fraction of sp³-hybridized carbons (Fsp3) is 0.615. The van der Waals surface area contributed by atoms with Crippen LogP contribution in [-0.4, -0.2) is 41.6 Å². The van der Waals surface area contributed by atoms with Crippen LogP contribution < -0.4 is 5.32 Å². The van der Waals surface area contributed by atoms with E-state index < -0.39 is 0 Å². The summed E-state index contributed by atoms with van der Waals surface area (Å²) in [6, 6.07) is 5.38. The van der Waals surface area contributed by atoms with Crippen LogP contribution in [0, 0.1) is 0 Å². The average Bonchev–Trinajstić information content (AvgIpc) is 2.27. The van der Waals surface area contributed by atoms with Gasteiger partial charge in [0, 0.05) is 44.1 Å². The molecule has 1 aliphatic rings. The second-order valence-electron chi connectivity index (χ2n) is 4.84. The zero-order valence-electron chi connectivity index (χ0n) is 10.2. The Kier molecular flexibility index (Phi) is 3.91. The van der Waals surface area contributed by atoms with E-state index in [2.05, 4.69) is 35.1 Å². The van der Waals surface area contributed by atoms with Crippen molar-refractivity contribution in [3.8, 4) is 0 Å². The molecule has 3 nitrogen and oxygen atoms in total. The molecule has 0 bridgehead atoms. The Morgan fingerprint density at radius 1 is 1.38 bits per heavy atom. The van der Waals surface area contributed by atoms with Gasteiger partial charge < -0.3 is 5.32 Å².